The number of benzene rings is 1. The number of hydrogen-bond acceptors (Lipinski definition) is 2. The topological polar surface area (TPSA) is 0 Å². The van der Waals surface area contributed by atoms with E-state index in [1.807, 2.05) is 22.7 Å². The van der Waals surface area contributed by atoms with Gasteiger partial charge in [-0.2, -0.15) is 0 Å². The Morgan fingerprint density at radius 1 is 0.750 bits per heavy atom. The van der Waals surface area contributed by atoms with Crippen molar-refractivity contribution in [3.05, 3.63) is 57.3 Å². The van der Waals surface area contributed by atoms with Gasteiger partial charge in [0.2, 0.25) is 0 Å². The Bertz CT molecular complexity index is 790. The standard InChI is InChI=1S/C26H36S2/c1-4-6-8-9-11-12-21-14-16-22(17-15-21)20(3)25-19-23-18-24(13-10-7-5-2)27-26(23)28-25/h14-20H,4-13H2,1-3H3. The molecule has 0 aliphatic rings. The lowest BCUT2D eigenvalue weighted by Crippen LogP contribution is -1.94. The van der Waals surface area contributed by atoms with E-state index in [-0.39, 0.29) is 0 Å². The van der Waals surface area contributed by atoms with Crippen LogP contribution in [0.2, 0.25) is 0 Å². The van der Waals surface area contributed by atoms with Crippen LogP contribution in [0.15, 0.2) is 36.4 Å². The van der Waals surface area contributed by atoms with Crippen LogP contribution in [0.5, 0.6) is 0 Å². The Hall–Kier alpha value is -1.12. The highest BCUT2D eigenvalue weighted by molar-refractivity contribution is 7.38. The normalized spacial score (nSPS) is 12.7. The van der Waals surface area contributed by atoms with E-state index in [4.69, 9.17) is 0 Å². The molecule has 1 aromatic carbocycles. The van der Waals surface area contributed by atoms with Crippen molar-refractivity contribution in [1.82, 2.24) is 0 Å². The lowest BCUT2D eigenvalue weighted by molar-refractivity contribution is 0.632. The highest BCUT2D eigenvalue weighted by atomic mass is 32.2. The quantitative estimate of drug-likeness (QED) is 0.260. The van der Waals surface area contributed by atoms with Crippen LogP contribution in [0.25, 0.3) is 9.40 Å². The minimum absolute atomic E-state index is 0.492. The zero-order valence-corrected chi connectivity index (χ0v) is 19.6. The number of unbranched alkanes of at least 4 members (excludes halogenated alkanes) is 6. The molecule has 0 amide bonds. The maximum absolute atomic E-state index is 2.44. The van der Waals surface area contributed by atoms with Crippen LogP contribution < -0.4 is 0 Å². The number of fused-ring (bicyclic) bond motifs is 1. The first-order valence-electron chi connectivity index (χ1n) is 11.3. The molecule has 0 bridgehead atoms. The Morgan fingerprint density at radius 2 is 1.43 bits per heavy atom. The third kappa shape index (κ3) is 5.94. The fourth-order valence-corrected chi connectivity index (χ4v) is 6.50. The first-order chi connectivity index (χ1) is 13.7. The van der Waals surface area contributed by atoms with Gasteiger partial charge in [0, 0.05) is 21.1 Å². The van der Waals surface area contributed by atoms with Crippen molar-refractivity contribution in [3.8, 4) is 0 Å². The molecule has 28 heavy (non-hydrogen) atoms. The first-order valence-corrected chi connectivity index (χ1v) is 13.0. The molecule has 0 aliphatic carbocycles. The van der Waals surface area contributed by atoms with Gasteiger partial charge < -0.3 is 0 Å². The third-order valence-corrected chi connectivity index (χ3v) is 8.42. The summed E-state index contributed by atoms with van der Waals surface area (Å²) in [4.78, 5) is 3.07. The molecule has 152 valence electrons. The summed E-state index contributed by atoms with van der Waals surface area (Å²) in [5, 5.41) is 1.46. The summed E-state index contributed by atoms with van der Waals surface area (Å²) in [6.45, 7) is 6.92. The van der Waals surface area contributed by atoms with Crippen LogP contribution in [-0.4, -0.2) is 0 Å². The molecule has 3 rings (SSSR count). The van der Waals surface area contributed by atoms with Gasteiger partial charge in [0.1, 0.15) is 0 Å². The zero-order valence-electron chi connectivity index (χ0n) is 17.9. The van der Waals surface area contributed by atoms with Crippen molar-refractivity contribution < 1.29 is 0 Å². The van der Waals surface area contributed by atoms with Crippen LogP contribution in [0.4, 0.5) is 0 Å². The summed E-state index contributed by atoms with van der Waals surface area (Å²) in [6.07, 6.45) is 13.3. The molecule has 2 aromatic heterocycles. The maximum Gasteiger partial charge on any atom is 0.0870 e. The molecule has 0 nitrogen and oxygen atoms in total. The van der Waals surface area contributed by atoms with Gasteiger partial charge in [-0.25, -0.2) is 0 Å². The fraction of sp³-hybridized carbons (Fsp3) is 0.538. The summed E-state index contributed by atoms with van der Waals surface area (Å²) in [7, 11) is 0. The molecule has 0 fully saturated rings. The molecule has 0 saturated heterocycles. The summed E-state index contributed by atoms with van der Waals surface area (Å²) in [6, 6.07) is 14.3. The van der Waals surface area contributed by atoms with Gasteiger partial charge in [-0.3, -0.25) is 0 Å². The van der Waals surface area contributed by atoms with Crippen LogP contribution in [0, 0.1) is 0 Å². The molecule has 3 aromatic rings. The zero-order chi connectivity index (χ0) is 19.8. The molecule has 0 saturated carbocycles. The average Bonchev–Trinajstić information content (AvgIpc) is 3.27. The SMILES string of the molecule is CCCCCCCc1ccc(C(C)c2cc3cc(CCCCC)sc3s2)cc1. The Labute approximate surface area is 180 Å². The minimum Gasteiger partial charge on any atom is -0.129 e. The molecule has 0 spiro atoms. The molecular weight excluding hydrogens is 376 g/mol. The van der Waals surface area contributed by atoms with Crippen molar-refractivity contribution in [3.63, 3.8) is 0 Å². The average molecular weight is 413 g/mol. The van der Waals surface area contributed by atoms with Gasteiger partial charge in [-0.1, -0.05) is 83.6 Å². The van der Waals surface area contributed by atoms with Gasteiger partial charge in [-0.15, -0.1) is 22.7 Å². The van der Waals surface area contributed by atoms with Crippen molar-refractivity contribution >= 4 is 32.1 Å². The summed E-state index contributed by atoms with van der Waals surface area (Å²) >= 11 is 4.02. The largest absolute Gasteiger partial charge is 0.129 e. The van der Waals surface area contributed by atoms with Crippen LogP contribution in [-0.2, 0) is 12.8 Å². The number of rotatable bonds is 12. The van der Waals surface area contributed by atoms with E-state index >= 15 is 0 Å². The van der Waals surface area contributed by atoms with Gasteiger partial charge in [0.25, 0.3) is 0 Å². The Kier molecular flexibility index (Phi) is 8.61. The molecule has 2 heteroatoms. The highest BCUT2D eigenvalue weighted by Crippen LogP contribution is 2.39. The second kappa shape index (κ2) is 11.2. The van der Waals surface area contributed by atoms with Crippen molar-refractivity contribution in [1.29, 1.82) is 0 Å². The van der Waals surface area contributed by atoms with Gasteiger partial charge >= 0.3 is 0 Å². The van der Waals surface area contributed by atoms with Crippen LogP contribution in [0.1, 0.15) is 98.9 Å². The van der Waals surface area contributed by atoms with E-state index in [0.29, 0.717) is 5.92 Å². The smallest absolute Gasteiger partial charge is 0.0870 e. The second-order valence-corrected chi connectivity index (χ2v) is 10.7. The molecule has 1 unspecified atom stereocenters. The highest BCUT2D eigenvalue weighted by Gasteiger charge is 2.14. The molecular formula is C26H36S2. The van der Waals surface area contributed by atoms with Crippen molar-refractivity contribution in [2.24, 2.45) is 0 Å². The second-order valence-electron chi connectivity index (χ2n) is 8.19. The van der Waals surface area contributed by atoms with Crippen molar-refractivity contribution in [2.45, 2.75) is 90.9 Å². The lowest BCUT2D eigenvalue weighted by atomic mass is 9.96. The molecule has 2 heterocycles. The monoisotopic (exact) mass is 412 g/mol. The van der Waals surface area contributed by atoms with Gasteiger partial charge in [-0.05, 0) is 48.9 Å². The molecule has 0 aliphatic heterocycles. The fourth-order valence-electron chi connectivity index (χ4n) is 3.87. The van der Waals surface area contributed by atoms with E-state index in [2.05, 4.69) is 57.2 Å². The lowest BCUT2D eigenvalue weighted by Gasteiger charge is -2.11. The third-order valence-electron chi connectivity index (χ3n) is 5.79. The molecule has 0 N–H and O–H groups in total. The number of aryl methyl sites for hydroxylation is 2. The maximum atomic E-state index is 2.44. The van der Waals surface area contributed by atoms with Crippen LogP contribution >= 0.6 is 22.7 Å². The molecule has 0 radical (unpaired) electrons. The van der Waals surface area contributed by atoms with E-state index in [9.17, 15) is 0 Å². The van der Waals surface area contributed by atoms with Gasteiger partial charge in [0.05, 0.1) is 4.01 Å². The number of thiophene rings is 2. The Morgan fingerprint density at radius 3 is 2.14 bits per heavy atom. The Balaban J connectivity index is 1.57. The molecule has 1 atom stereocenters. The van der Waals surface area contributed by atoms with Crippen LogP contribution in [0.3, 0.4) is 0 Å². The predicted octanol–water partition coefficient (Wildman–Crippen LogP) is 9.36. The predicted molar refractivity (Wildman–Crippen MR) is 129 cm³/mol. The summed E-state index contributed by atoms with van der Waals surface area (Å²) in [5.41, 5.74) is 2.95. The first kappa shape index (κ1) is 21.6. The summed E-state index contributed by atoms with van der Waals surface area (Å²) < 4.78 is 1.51. The van der Waals surface area contributed by atoms with Gasteiger partial charge in [0.15, 0.2) is 0 Å². The van der Waals surface area contributed by atoms with Crippen molar-refractivity contribution in [2.75, 3.05) is 0 Å². The summed E-state index contributed by atoms with van der Waals surface area (Å²) in [5.74, 6) is 0.492. The number of hydrogen-bond donors (Lipinski definition) is 0. The van der Waals surface area contributed by atoms with E-state index in [1.165, 1.54) is 89.6 Å². The van der Waals surface area contributed by atoms with E-state index in [1.54, 1.807) is 4.88 Å². The van der Waals surface area contributed by atoms with E-state index in [0.717, 1.165) is 0 Å². The van der Waals surface area contributed by atoms with E-state index < -0.39 is 0 Å². The minimum atomic E-state index is 0.492.